The first kappa shape index (κ1) is 14.2. The molecule has 0 saturated heterocycles. The largest absolute Gasteiger partial charge is 0.395 e. The van der Waals surface area contributed by atoms with Crippen LogP contribution in [0.4, 0.5) is 0 Å². The molecule has 0 aliphatic carbocycles. The quantitative estimate of drug-likeness (QED) is 0.743. The van der Waals surface area contributed by atoms with E-state index in [1.165, 1.54) is 22.3 Å². The molecule has 104 valence electrons. The van der Waals surface area contributed by atoms with E-state index in [1.54, 1.807) is 0 Å². The van der Waals surface area contributed by atoms with E-state index in [2.05, 4.69) is 32.7 Å². The van der Waals surface area contributed by atoms with Crippen LogP contribution in [0.1, 0.15) is 16.9 Å². The van der Waals surface area contributed by atoms with E-state index in [9.17, 15) is 4.79 Å². The zero-order chi connectivity index (χ0) is 14.2. The highest BCUT2D eigenvalue weighted by Crippen LogP contribution is 2.13. The minimum absolute atomic E-state index is 0.0667. The minimum Gasteiger partial charge on any atom is -0.395 e. The number of aliphatic hydroxyl groups is 1. The zero-order valence-corrected chi connectivity index (χ0v) is 11.4. The van der Waals surface area contributed by atoms with E-state index < -0.39 is 0 Å². The van der Waals surface area contributed by atoms with Crippen LogP contribution < -0.4 is 5.32 Å². The summed E-state index contributed by atoms with van der Waals surface area (Å²) in [4.78, 5) is 12.6. The van der Waals surface area contributed by atoms with Gasteiger partial charge >= 0.3 is 0 Å². The van der Waals surface area contributed by atoms with Crippen LogP contribution in [0.2, 0.25) is 0 Å². The maximum absolute atomic E-state index is 11.6. The Morgan fingerprint density at radius 2 is 2.45 bits per heavy atom. The van der Waals surface area contributed by atoms with Gasteiger partial charge in [-0.1, -0.05) is 11.8 Å². The lowest BCUT2D eigenvalue weighted by Crippen LogP contribution is -2.27. The average molecular weight is 291 g/mol. The maximum Gasteiger partial charge on any atom is 0.242 e. The maximum atomic E-state index is 11.6. The number of nitrogens with zero attached hydrogens (tertiary/aromatic N) is 4. The summed E-state index contributed by atoms with van der Waals surface area (Å²) >= 11 is 1.53. The predicted octanol–water partition coefficient (Wildman–Crippen LogP) is -0.215. The van der Waals surface area contributed by atoms with Crippen LogP contribution >= 0.6 is 11.3 Å². The van der Waals surface area contributed by atoms with Gasteiger partial charge in [-0.15, -0.1) is 16.4 Å². The number of nitrogens with one attached hydrogen (secondary N) is 1. The molecular weight excluding hydrogens is 278 g/mol. The van der Waals surface area contributed by atoms with Gasteiger partial charge in [-0.3, -0.25) is 4.79 Å². The van der Waals surface area contributed by atoms with Crippen LogP contribution in [-0.4, -0.2) is 37.8 Å². The fraction of sp³-hybridized carbons (Fsp3) is 0.333. The Labute approximate surface area is 119 Å². The average Bonchev–Trinajstić information content (AvgIpc) is 3.08. The van der Waals surface area contributed by atoms with Crippen molar-refractivity contribution in [2.45, 2.75) is 19.5 Å². The molecule has 2 aromatic rings. The van der Waals surface area contributed by atoms with E-state index in [0.29, 0.717) is 13.0 Å². The lowest BCUT2D eigenvalue weighted by molar-refractivity contribution is -0.122. The second kappa shape index (κ2) is 7.37. The van der Waals surface area contributed by atoms with Crippen LogP contribution in [-0.2, 0) is 17.9 Å². The molecule has 0 aliphatic heterocycles. The number of hydrogen-bond donors (Lipinski definition) is 2. The van der Waals surface area contributed by atoms with Gasteiger partial charge in [0.15, 0.2) is 0 Å². The predicted molar refractivity (Wildman–Crippen MR) is 72.6 cm³/mol. The Morgan fingerprint density at radius 1 is 1.55 bits per heavy atom. The monoisotopic (exact) mass is 291 g/mol. The van der Waals surface area contributed by atoms with E-state index in [0.717, 1.165) is 10.4 Å². The molecule has 0 atom stereocenters. The first-order valence-electron chi connectivity index (χ1n) is 5.92. The van der Waals surface area contributed by atoms with Gasteiger partial charge < -0.3 is 10.4 Å². The summed E-state index contributed by atoms with van der Waals surface area (Å²) in [6.45, 7) is 0.617. The molecule has 7 nitrogen and oxygen atoms in total. The Morgan fingerprint density at radius 3 is 3.20 bits per heavy atom. The molecule has 1 amide bonds. The van der Waals surface area contributed by atoms with E-state index in [4.69, 9.17) is 5.11 Å². The van der Waals surface area contributed by atoms with Crippen molar-refractivity contribution in [3.8, 4) is 11.8 Å². The molecule has 0 saturated carbocycles. The number of aliphatic hydroxyl groups excluding tert-OH is 1. The van der Waals surface area contributed by atoms with E-state index in [1.807, 2.05) is 11.4 Å². The molecule has 2 N–H and O–H groups in total. The summed E-state index contributed by atoms with van der Waals surface area (Å²) in [6.07, 6.45) is 1.85. The van der Waals surface area contributed by atoms with E-state index in [-0.39, 0.29) is 19.1 Å². The highest BCUT2D eigenvalue weighted by atomic mass is 32.1. The zero-order valence-electron chi connectivity index (χ0n) is 10.6. The van der Waals surface area contributed by atoms with Crippen LogP contribution in [0.3, 0.4) is 0 Å². The molecule has 2 rings (SSSR count). The van der Waals surface area contributed by atoms with Crippen molar-refractivity contribution in [2.24, 2.45) is 0 Å². The van der Waals surface area contributed by atoms with Gasteiger partial charge in [0, 0.05) is 22.2 Å². The number of rotatable bonds is 5. The first-order valence-corrected chi connectivity index (χ1v) is 6.80. The highest BCUT2D eigenvalue weighted by molar-refractivity contribution is 7.10. The standard InChI is InChI=1S/C12H13N5O2S/c18-4-2-1-3-10-5-11(20-8-10)6-13-12(19)7-17-9-14-15-16-17/h5,8-9,18H,2,4,6-7H2,(H,13,19). The number of tetrazole rings is 1. The van der Waals surface area contributed by atoms with Crippen molar-refractivity contribution in [3.63, 3.8) is 0 Å². The van der Waals surface area contributed by atoms with Gasteiger partial charge in [-0.25, -0.2) is 4.68 Å². The normalized spacial score (nSPS) is 9.85. The molecule has 0 fully saturated rings. The molecule has 0 spiro atoms. The van der Waals surface area contributed by atoms with Crippen molar-refractivity contribution >= 4 is 17.2 Å². The van der Waals surface area contributed by atoms with Crippen molar-refractivity contribution < 1.29 is 9.90 Å². The summed E-state index contributed by atoms with van der Waals surface area (Å²) in [5.41, 5.74) is 0.896. The van der Waals surface area contributed by atoms with Crippen molar-refractivity contribution in [3.05, 3.63) is 28.2 Å². The van der Waals surface area contributed by atoms with Gasteiger partial charge in [-0.2, -0.15) is 0 Å². The lowest BCUT2D eigenvalue weighted by Gasteiger charge is -2.02. The fourth-order valence-corrected chi connectivity index (χ4v) is 2.16. The number of amides is 1. The molecule has 2 heterocycles. The summed E-state index contributed by atoms with van der Waals surface area (Å²) in [5, 5.41) is 23.9. The molecule has 0 unspecified atom stereocenters. The number of aromatic nitrogens is 4. The van der Waals surface area contributed by atoms with Crippen LogP contribution in [0.5, 0.6) is 0 Å². The Balaban J connectivity index is 1.79. The Hall–Kier alpha value is -2.24. The third-order valence-electron chi connectivity index (χ3n) is 2.28. The number of hydrogen-bond acceptors (Lipinski definition) is 6. The van der Waals surface area contributed by atoms with Crippen molar-refractivity contribution in [1.82, 2.24) is 25.5 Å². The third-order valence-corrected chi connectivity index (χ3v) is 3.22. The molecule has 0 aliphatic rings. The highest BCUT2D eigenvalue weighted by Gasteiger charge is 2.04. The van der Waals surface area contributed by atoms with Gasteiger partial charge in [-0.05, 0) is 16.5 Å². The van der Waals surface area contributed by atoms with Crippen LogP contribution in [0.15, 0.2) is 17.8 Å². The van der Waals surface area contributed by atoms with Crippen molar-refractivity contribution in [1.29, 1.82) is 0 Å². The van der Waals surface area contributed by atoms with Gasteiger partial charge in [0.1, 0.15) is 12.9 Å². The number of thiophene rings is 1. The Kier molecular flexibility index (Phi) is 5.23. The molecule has 0 bridgehead atoms. The minimum atomic E-state index is -0.154. The van der Waals surface area contributed by atoms with Crippen LogP contribution in [0.25, 0.3) is 0 Å². The van der Waals surface area contributed by atoms with Gasteiger partial charge in [0.2, 0.25) is 5.91 Å². The Bertz CT molecular complexity index is 611. The van der Waals surface area contributed by atoms with Crippen molar-refractivity contribution in [2.75, 3.05) is 6.61 Å². The third kappa shape index (κ3) is 4.46. The molecule has 0 radical (unpaired) electrons. The van der Waals surface area contributed by atoms with E-state index >= 15 is 0 Å². The number of carbonyl (C=O) groups excluding carboxylic acids is 1. The van der Waals surface area contributed by atoms with Crippen LogP contribution in [0, 0.1) is 11.8 Å². The summed E-state index contributed by atoms with van der Waals surface area (Å²) in [5.74, 6) is 5.65. The summed E-state index contributed by atoms with van der Waals surface area (Å²) < 4.78 is 1.36. The molecular formula is C12H13N5O2S. The molecule has 2 aromatic heterocycles. The van der Waals surface area contributed by atoms with Gasteiger partial charge in [0.25, 0.3) is 0 Å². The number of carbonyl (C=O) groups is 1. The smallest absolute Gasteiger partial charge is 0.242 e. The molecule has 0 aromatic carbocycles. The summed E-state index contributed by atoms with van der Waals surface area (Å²) in [6, 6.07) is 1.92. The molecule has 8 heteroatoms. The summed E-state index contributed by atoms with van der Waals surface area (Å²) in [7, 11) is 0. The fourth-order valence-electron chi connectivity index (χ4n) is 1.40. The van der Waals surface area contributed by atoms with Gasteiger partial charge in [0.05, 0.1) is 13.2 Å². The second-order valence-electron chi connectivity index (χ2n) is 3.86. The second-order valence-corrected chi connectivity index (χ2v) is 4.86. The SMILES string of the molecule is O=C(Cn1cnnn1)NCc1cc(C#CCCO)cs1. The molecule has 20 heavy (non-hydrogen) atoms. The first-order chi connectivity index (χ1) is 9.78. The topological polar surface area (TPSA) is 92.9 Å². The lowest BCUT2D eigenvalue weighted by atomic mass is 10.3.